The van der Waals surface area contributed by atoms with Crippen molar-refractivity contribution in [3.63, 3.8) is 0 Å². The van der Waals surface area contributed by atoms with Gasteiger partial charge in [-0.3, -0.25) is 4.79 Å². The second-order valence-electron chi connectivity index (χ2n) is 3.09. The Balaban J connectivity index is 0.00000169. The van der Waals surface area contributed by atoms with Crippen molar-refractivity contribution >= 4 is 24.2 Å². The van der Waals surface area contributed by atoms with Crippen LogP contribution in [0.4, 0.5) is 0 Å². The van der Waals surface area contributed by atoms with Gasteiger partial charge >= 0.3 is 5.97 Å². The summed E-state index contributed by atoms with van der Waals surface area (Å²) in [4.78, 5) is 22.4. The average Bonchev–Trinajstić information content (AvgIpc) is 2.18. The third-order valence-electron chi connectivity index (χ3n) is 2.10. The largest absolute Gasteiger partial charge is 0.460 e. The smallest absolute Gasteiger partial charge is 0.376 e. The third kappa shape index (κ3) is 3.64. The number of ether oxygens (including phenoxy) is 1. The van der Waals surface area contributed by atoms with Crippen molar-refractivity contribution in [2.24, 2.45) is 0 Å². The van der Waals surface area contributed by atoms with Crippen molar-refractivity contribution in [1.29, 1.82) is 0 Å². The summed E-state index contributed by atoms with van der Waals surface area (Å²) in [6.07, 6.45) is 2.83. The normalized spacial score (nSPS) is 20.8. The Morgan fingerprint density at radius 1 is 1.43 bits per heavy atom. The van der Waals surface area contributed by atoms with Gasteiger partial charge in [0.05, 0.1) is 12.6 Å². The summed E-state index contributed by atoms with van der Waals surface area (Å²) in [7, 11) is 0. The predicted octanol–water partition coefficient (Wildman–Crippen LogP) is 0.682. The summed E-state index contributed by atoms with van der Waals surface area (Å²) < 4.78 is 4.63. The zero-order chi connectivity index (χ0) is 9.68. The number of esters is 1. The fraction of sp³-hybridized carbons (Fsp3) is 0.778. The van der Waals surface area contributed by atoms with E-state index in [2.05, 4.69) is 10.1 Å². The molecule has 1 aliphatic heterocycles. The van der Waals surface area contributed by atoms with Crippen LogP contribution in [0.3, 0.4) is 0 Å². The lowest BCUT2D eigenvalue weighted by molar-refractivity contribution is -0.154. The van der Waals surface area contributed by atoms with E-state index in [4.69, 9.17) is 0 Å². The van der Waals surface area contributed by atoms with E-state index < -0.39 is 11.8 Å². The van der Waals surface area contributed by atoms with Crippen molar-refractivity contribution in [2.75, 3.05) is 13.2 Å². The van der Waals surface area contributed by atoms with E-state index in [0.717, 1.165) is 25.8 Å². The maximum atomic E-state index is 11.4. The number of carbonyl (C=O) groups is 2. The van der Waals surface area contributed by atoms with Gasteiger partial charge in [0.25, 0.3) is 5.78 Å². The standard InChI is InChI=1S/C9H15NO3.ClH/c1-2-13-9(12)8(11)7-5-3-4-6-10-7;/h7,10H,2-6H2,1H3;1H. The number of ketones is 1. The SMILES string of the molecule is CCOC(=O)C(=O)C1CCCCN1.Cl. The molecule has 1 N–H and O–H groups in total. The van der Waals surface area contributed by atoms with Gasteiger partial charge in [0, 0.05) is 0 Å². The molecule has 14 heavy (non-hydrogen) atoms. The van der Waals surface area contributed by atoms with Crippen molar-refractivity contribution in [2.45, 2.75) is 32.2 Å². The second-order valence-corrected chi connectivity index (χ2v) is 3.09. The number of hydrogen-bond acceptors (Lipinski definition) is 4. The quantitative estimate of drug-likeness (QED) is 0.563. The lowest BCUT2D eigenvalue weighted by atomic mass is 10.0. The van der Waals surface area contributed by atoms with Crippen LogP contribution in [-0.4, -0.2) is 30.9 Å². The van der Waals surface area contributed by atoms with E-state index in [9.17, 15) is 9.59 Å². The lowest BCUT2D eigenvalue weighted by Gasteiger charge is -2.20. The minimum atomic E-state index is -0.707. The fourth-order valence-electron chi connectivity index (χ4n) is 1.42. The first-order valence-electron chi connectivity index (χ1n) is 4.70. The second kappa shape index (κ2) is 6.79. The molecule has 0 aromatic carbocycles. The molecule has 0 bridgehead atoms. The molecule has 1 fully saturated rings. The first kappa shape index (κ1) is 13.4. The number of Topliss-reactive ketones (excluding diaryl/α,β-unsaturated/α-hetero) is 1. The Hall–Kier alpha value is -0.610. The average molecular weight is 222 g/mol. The van der Waals surface area contributed by atoms with Crippen LogP contribution in [0.15, 0.2) is 0 Å². The number of carbonyl (C=O) groups excluding carboxylic acids is 2. The third-order valence-corrected chi connectivity index (χ3v) is 2.10. The zero-order valence-corrected chi connectivity index (χ0v) is 9.06. The van der Waals surface area contributed by atoms with E-state index in [0.29, 0.717) is 0 Å². The van der Waals surface area contributed by atoms with Crippen molar-refractivity contribution in [3.05, 3.63) is 0 Å². The minimum absolute atomic E-state index is 0. The molecule has 0 aromatic rings. The van der Waals surface area contributed by atoms with Gasteiger partial charge in [0.15, 0.2) is 0 Å². The maximum absolute atomic E-state index is 11.4. The number of rotatable bonds is 3. The molecule has 1 rings (SSSR count). The molecular formula is C9H16ClNO3. The van der Waals surface area contributed by atoms with Crippen LogP contribution >= 0.6 is 12.4 Å². The summed E-state index contributed by atoms with van der Waals surface area (Å²) in [5, 5.41) is 3.01. The van der Waals surface area contributed by atoms with Crippen LogP contribution in [0.5, 0.6) is 0 Å². The Labute approximate surface area is 89.8 Å². The highest BCUT2D eigenvalue weighted by Crippen LogP contribution is 2.08. The fourth-order valence-corrected chi connectivity index (χ4v) is 1.42. The van der Waals surface area contributed by atoms with Crippen molar-refractivity contribution < 1.29 is 14.3 Å². The van der Waals surface area contributed by atoms with Crippen LogP contribution in [0.25, 0.3) is 0 Å². The number of nitrogens with one attached hydrogen (secondary N) is 1. The highest BCUT2D eigenvalue weighted by Gasteiger charge is 2.27. The van der Waals surface area contributed by atoms with Gasteiger partial charge in [-0.15, -0.1) is 12.4 Å². The molecule has 1 atom stereocenters. The summed E-state index contributed by atoms with van der Waals surface area (Å²) in [5.74, 6) is -1.14. The summed E-state index contributed by atoms with van der Waals surface area (Å²) in [5.41, 5.74) is 0. The first-order chi connectivity index (χ1) is 6.25. The van der Waals surface area contributed by atoms with Crippen molar-refractivity contribution in [1.82, 2.24) is 5.32 Å². The molecule has 5 heteroatoms. The van der Waals surface area contributed by atoms with Gasteiger partial charge in [-0.2, -0.15) is 0 Å². The molecule has 0 aliphatic carbocycles. The summed E-state index contributed by atoms with van der Waals surface area (Å²) in [6.45, 7) is 2.77. The molecule has 1 saturated heterocycles. The number of halogens is 1. The van der Waals surface area contributed by atoms with Crippen LogP contribution in [0.2, 0.25) is 0 Å². The summed E-state index contributed by atoms with van der Waals surface area (Å²) >= 11 is 0. The van der Waals surface area contributed by atoms with Gasteiger partial charge < -0.3 is 10.1 Å². The molecule has 0 spiro atoms. The minimum Gasteiger partial charge on any atom is -0.460 e. The molecule has 0 saturated carbocycles. The first-order valence-corrected chi connectivity index (χ1v) is 4.70. The van der Waals surface area contributed by atoms with Gasteiger partial charge in [-0.25, -0.2) is 4.79 Å². The topological polar surface area (TPSA) is 55.4 Å². The van der Waals surface area contributed by atoms with E-state index in [-0.39, 0.29) is 25.1 Å². The van der Waals surface area contributed by atoms with Gasteiger partial charge in [0.1, 0.15) is 0 Å². The number of hydrogen-bond donors (Lipinski definition) is 1. The molecule has 82 valence electrons. The van der Waals surface area contributed by atoms with E-state index in [1.165, 1.54) is 0 Å². The zero-order valence-electron chi connectivity index (χ0n) is 8.25. The van der Waals surface area contributed by atoms with E-state index in [1.807, 2.05) is 0 Å². The molecule has 1 heterocycles. The van der Waals surface area contributed by atoms with Gasteiger partial charge in [-0.1, -0.05) is 6.42 Å². The molecule has 1 unspecified atom stereocenters. The Kier molecular flexibility index (Phi) is 6.49. The molecule has 1 aliphatic rings. The van der Waals surface area contributed by atoms with Crippen LogP contribution in [0, 0.1) is 0 Å². The molecule has 0 radical (unpaired) electrons. The molecular weight excluding hydrogens is 206 g/mol. The Morgan fingerprint density at radius 3 is 2.64 bits per heavy atom. The van der Waals surface area contributed by atoms with Crippen molar-refractivity contribution in [3.8, 4) is 0 Å². The van der Waals surface area contributed by atoms with E-state index in [1.54, 1.807) is 6.92 Å². The highest BCUT2D eigenvalue weighted by molar-refractivity contribution is 6.35. The van der Waals surface area contributed by atoms with E-state index >= 15 is 0 Å². The molecule has 0 aromatic heterocycles. The van der Waals surface area contributed by atoms with Gasteiger partial charge in [0.2, 0.25) is 0 Å². The van der Waals surface area contributed by atoms with Gasteiger partial charge in [-0.05, 0) is 26.3 Å². The monoisotopic (exact) mass is 221 g/mol. The maximum Gasteiger partial charge on any atom is 0.376 e. The Bertz CT molecular complexity index is 202. The Morgan fingerprint density at radius 2 is 2.14 bits per heavy atom. The lowest BCUT2D eigenvalue weighted by Crippen LogP contribution is -2.44. The van der Waals surface area contributed by atoms with Crippen LogP contribution < -0.4 is 5.32 Å². The molecule has 0 amide bonds. The number of piperidine rings is 1. The van der Waals surface area contributed by atoms with Crippen LogP contribution in [0.1, 0.15) is 26.2 Å². The predicted molar refractivity (Wildman–Crippen MR) is 54.5 cm³/mol. The summed E-state index contributed by atoms with van der Waals surface area (Å²) in [6, 6.07) is -0.312. The molecule has 4 nitrogen and oxygen atoms in total. The highest BCUT2D eigenvalue weighted by atomic mass is 35.5. The van der Waals surface area contributed by atoms with Crippen LogP contribution in [-0.2, 0) is 14.3 Å².